The second-order valence-corrected chi connectivity index (χ2v) is 5.03. The number of anilines is 1. The lowest BCUT2D eigenvalue weighted by molar-refractivity contribution is -0.118. The van der Waals surface area contributed by atoms with E-state index in [1.165, 1.54) is 14.2 Å². The lowest BCUT2D eigenvalue weighted by atomic mass is 10.2. The van der Waals surface area contributed by atoms with Crippen LogP contribution in [0, 0.1) is 0 Å². The maximum atomic E-state index is 12.1. The molecule has 0 spiro atoms. The summed E-state index contributed by atoms with van der Waals surface area (Å²) in [7, 11) is 3.04. The highest BCUT2D eigenvalue weighted by molar-refractivity contribution is 6.32. The van der Waals surface area contributed by atoms with Gasteiger partial charge in [0.25, 0.3) is 0 Å². The molecule has 6 nitrogen and oxygen atoms in total. The highest BCUT2D eigenvalue weighted by Crippen LogP contribution is 2.35. The zero-order valence-electron chi connectivity index (χ0n) is 12.1. The van der Waals surface area contributed by atoms with Gasteiger partial charge in [-0.2, -0.15) is 0 Å². The molecule has 1 N–H and O–H groups in total. The largest absolute Gasteiger partial charge is 0.495 e. The van der Waals surface area contributed by atoms with Crippen LogP contribution in [-0.4, -0.2) is 57.9 Å². The van der Waals surface area contributed by atoms with Crippen LogP contribution in [0.25, 0.3) is 0 Å². The van der Waals surface area contributed by atoms with Gasteiger partial charge >= 0.3 is 0 Å². The summed E-state index contributed by atoms with van der Waals surface area (Å²) in [6.07, 6.45) is 0. The van der Waals surface area contributed by atoms with E-state index in [1.807, 2.05) is 4.90 Å². The smallest absolute Gasteiger partial charge is 0.238 e. The van der Waals surface area contributed by atoms with Gasteiger partial charge in [-0.15, -0.1) is 0 Å². The Morgan fingerprint density at radius 3 is 2.57 bits per heavy atom. The molecule has 2 rings (SSSR count). The van der Waals surface area contributed by atoms with Crippen molar-refractivity contribution in [1.29, 1.82) is 0 Å². The molecule has 7 heteroatoms. The number of hydrogen-bond donors (Lipinski definition) is 1. The summed E-state index contributed by atoms with van der Waals surface area (Å²) in [5.41, 5.74) is 0.539. The van der Waals surface area contributed by atoms with Crippen LogP contribution >= 0.6 is 11.6 Å². The predicted molar refractivity (Wildman–Crippen MR) is 80.4 cm³/mol. The van der Waals surface area contributed by atoms with Gasteiger partial charge in [0.05, 0.1) is 44.7 Å². The third-order valence-corrected chi connectivity index (χ3v) is 3.51. The molecule has 0 unspecified atom stereocenters. The Hall–Kier alpha value is -1.50. The molecule has 0 aromatic heterocycles. The van der Waals surface area contributed by atoms with E-state index in [4.69, 9.17) is 25.8 Å². The molecule has 1 aliphatic heterocycles. The van der Waals surface area contributed by atoms with Crippen LogP contribution in [-0.2, 0) is 9.53 Å². The number of benzene rings is 1. The minimum Gasteiger partial charge on any atom is -0.495 e. The van der Waals surface area contributed by atoms with Crippen LogP contribution in [0.3, 0.4) is 0 Å². The monoisotopic (exact) mass is 314 g/mol. The Labute approximate surface area is 128 Å². The van der Waals surface area contributed by atoms with Crippen LogP contribution in [0.4, 0.5) is 5.69 Å². The van der Waals surface area contributed by atoms with Crippen molar-refractivity contribution >= 4 is 23.2 Å². The molecular formula is C14H19ClN2O4. The highest BCUT2D eigenvalue weighted by Gasteiger charge is 2.16. The van der Waals surface area contributed by atoms with Crippen molar-refractivity contribution in [3.8, 4) is 11.5 Å². The quantitative estimate of drug-likeness (QED) is 0.895. The SMILES string of the molecule is COc1cc(NC(=O)CN2CCOCC2)c(OC)cc1Cl. The van der Waals surface area contributed by atoms with Crippen molar-refractivity contribution in [2.24, 2.45) is 0 Å². The third-order valence-electron chi connectivity index (χ3n) is 3.22. The van der Waals surface area contributed by atoms with Crippen molar-refractivity contribution < 1.29 is 19.0 Å². The van der Waals surface area contributed by atoms with Crippen LogP contribution in [0.15, 0.2) is 12.1 Å². The molecule has 21 heavy (non-hydrogen) atoms. The topological polar surface area (TPSA) is 60.0 Å². The zero-order valence-corrected chi connectivity index (χ0v) is 12.9. The molecular weight excluding hydrogens is 296 g/mol. The predicted octanol–water partition coefficient (Wildman–Crippen LogP) is 1.63. The minimum atomic E-state index is -0.112. The van der Waals surface area contributed by atoms with Gasteiger partial charge in [0, 0.05) is 25.2 Å². The van der Waals surface area contributed by atoms with Gasteiger partial charge in [-0.25, -0.2) is 0 Å². The number of methoxy groups -OCH3 is 2. The van der Waals surface area contributed by atoms with E-state index in [2.05, 4.69) is 5.32 Å². The van der Waals surface area contributed by atoms with E-state index in [1.54, 1.807) is 12.1 Å². The Morgan fingerprint density at radius 2 is 1.95 bits per heavy atom. The second kappa shape index (κ2) is 7.49. The number of rotatable bonds is 5. The summed E-state index contributed by atoms with van der Waals surface area (Å²) in [4.78, 5) is 14.2. The Kier molecular flexibility index (Phi) is 5.67. The molecule has 0 radical (unpaired) electrons. The zero-order chi connectivity index (χ0) is 15.2. The van der Waals surface area contributed by atoms with Crippen molar-refractivity contribution in [3.63, 3.8) is 0 Å². The van der Waals surface area contributed by atoms with E-state index >= 15 is 0 Å². The van der Waals surface area contributed by atoms with Crippen molar-refractivity contribution in [2.75, 3.05) is 52.4 Å². The molecule has 0 aliphatic carbocycles. The van der Waals surface area contributed by atoms with Gasteiger partial charge in [0.1, 0.15) is 11.5 Å². The Balaban J connectivity index is 2.05. The number of morpholine rings is 1. The van der Waals surface area contributed by atoms with Gasteiger partial charge in [-0.05, 0) is 0 Å². The molecule has 1 amide bonds. The van der Waals surface area contributed by atoms with E-state index in [0.29, 0.717) is 42.0 Å². The number of halogens is 1. The average Bonchev–Trinajstić information content (AvgIpc) is 2.49. The number of carbonyl (C=O) groups excluding carboxylic acids is 1. The van der Waals surface area contributed by atoms with E-state index in [0.717, 1.165) is 13.1 Å². The Morgan fingerprint density at radius 1 is 1.29 bits per heavy atom. The van der Waals surface area contributed by atoms with E-state index in [9.17, 15) is 4.79 Å². The lowest BCUT2D eigenvalue weighted by Crippen LogP contribution is -2.41. The van der Waals surface area contributed by atoms with Gasteiger partial charge in [-0.1, -0.05) is 11.6 Å². The number of nitrogens with one attached hydrogen (secondary N) is 1. The van der Waals surface area contributed by atoms with Gasteiger partial charge in [0.15, 0.2) is 0 Å². The van der Waals surface area contributed by atoms with E-state index in [-0.39, 0.29) is 5.91 Å². The second-order valence-electron chi connectivity index (χ2n) is 4.62. The van der Waals surface area contributed by atoms with E-state index < -0.39 is 0 Å². The standard InChI is InChI=1S/C14H19ClN2O4/c1-19-12-8-11(13(20-2)7-10(12)15)16-14(18)9-17-3-5-21-6-4-17/h7-8H,3-6,9H2,1-2H3,(H,16,18). The fraction of sp³-hybridized carbons (Fsp3) is 0.500. The maximum absolute atomic E-state index is 12.1. The number of amides is 1. The van der Waals surface area contributed by atoms with Crippen molar-refractivity contribution in [2.45, 2.75) is 0 Å². The summed E-state index contributed by atoms with van der Waals surface area (Å²) < 4.78 is 15.6. The molecule has 1 fully saturated rings. The fourth-order valence-electron chi connectivity index (χ4n) is 2.11. The minimum absolute atomic E-state index is 0.112. The van der Waals surface area contributed by atoms with Crippen LogP contribution in [0.5, 0.6) is 11.5 Å². The van der Waals surface area contributed by atoms with Crippen LogP contribution in [0.1, 0.15) is 0 Å². The molecule has 0 saturated carbocycles. The molecule has 1 aromatic carbocycles. The number of ether oxygens (including phenoxy) is 3. The van der Waals surface area contributed by atoms with Gasteiger partial charge in [0.2, 0.25) is 5.91 Å². The third kappa shape index (κ3) is 4.23. The number of carbonyl (C=O) groups is 1. The molecule has 0 atom stereocenters. The van der Waals surface area contributed by atoms with Crippen LogP contribution in [0.2, 0.25) is 5.02 Å². The first-order chi connectivity index (χ1) is 10.1. The highest BCUT2D eigenvalue weighted by atomic mass is 35.5. The van der Waals surface area contributed by atoms with Crippen molar-refractivity contribution in [3.05, 3.63) is 17.2 Å². The molecule has 1 aliphatic rings. The first-order valence-electron chi connectivity index (χ1n) is 6.65. The molecule has 116 valence electrons. The Bertz CT molecular complexity index is 504. The first kappa shape index (κ1) is 15.9. The van der Waals surface area contributed by atoms with Gasteiger partial charge in [-0.3, -0.25) is 9.69 Å². The fourth-order valence-corrected chi connectivity index (χ4v) is 2.34. The van der Waals surface area contributed by atoms with Crippen LogP contribution < -0.4 is 14.8 Å². The summed E-state index contributed by atoms with van der Waals surface area (Å²) in [5.74, 6) is 0.870. The molecule has 1 saturated heterocycles. The lowest BCUT2D eigenvalue weighted by Gasteiger charge is -2.26. The molecule has 0 bridgehead atoms. The first-order valence-corrected chi connectivity index (χ1v) is 7.03. The average molecular weight is 315 g/mol. The summed E-state index contributed by atoms with van der Waals surface area (Å²) >= 11 is 6.03. The summed E-state index contributed by atoms with van der Waals surface area (Å²) in [6, 6.07) is 3.27. The summed E-state index contributed by atoms with van der Waals surface area (Å²) in [5, 5.41) is 3.26. The molecule has 1 heterocycles. The normalized spacial score (nSPS) is 15.6. The number of nitrogens with zero attached hydrogens (tertiary/aromatic N) is 1. The summed E-state index contributed by atoms with van der Waals surface area (Å²) in [6.45, 7) is 3.15. The van der Waals surface area contributed by atoms with Gasteiger partial charge < -0.3 is 19.5 Å². The number of hydrogen-bond acceptors (Lipinski definition) is 5. The maximum Gasteiger partial charge on any atom is 0.238 e. The van der Waals surface area contributed by atoms with Crippen molar-refractivity contribution in [1.82, 2.24) is 4.90 Å². The molecule has 1 aromatic rings.